The predicted octanol–water partition coefficient (Wildman–Crippen LogP) is 1.11. The third-order valence-electron chi connectivity index (χ3n) is 4.60. The van der Waals surface area contributed by atoms with Crippen LogP contribution in [0.2, 0.25) is 0 Å². The average Bonchev–Trinajstić information content (AvgIpc) is 3.14. The molecule has 2 aromatic rings. The maximum absolute atomic E-state index is 12.6. The van der Waals surface area contributed by atoms with Gasteiger partial charge in [0.25, 0.3) is 11.5 Å². The Hall–Kier alpha value is -3.23. The number of primary amides is 1. The van der Waals surface area contributed by atoms with E-state index in [2.05, 4.69) is 30.9 Å². The van der Waals surface area contributed by atoms with Gasteiger partial charge in [-0.2, -0.15) is 0 Å². The number of carbonyl (C=O) groups is 2. The van der Waals surface area contributed by atoms with Crippen LogP contribution in [0, 0.1) is 20.8 Å². The van der Waals surface area contributed by atoms with Gasteiger partial charge in [-0.05, 0) is 45.2 Å². The second kappa shape index (κ2) is 9.81. The number of nitrogens with zero attached hydrogens (tertiary/aromatic N) is 3. The van der Waals surface area contributed by atoms with E-state index in [1.807, 2.05) is 26.8 Å². The minimum atomic E-state index is -0.333. The molecule has 1 aliphatic rings. The van der Waals surface area contributed by atoms with Crippen LogP contribution in [0.5, 0.6) is 0 Å². The van der Waals surface area contributed by atoms with Crippen molar-refractivity contribution in [3.05, 3.63) is 50.8 Å². The van der Waals surface area contributed by atoms with Crippen LogP contribution in [-0.4, -0.2) is 39.9 Å². The van der Waals surface area contributed by atoms with E-state index in [0.29, 0.717) is 11.3 Å². The lowest BCUT2D eigenvalue weighted by Gasteiger charge is -2.19. The number of aromatic amines is 1. The van der Waals surface area contributed by atoms with Crippen LogP contribution in [0.25, 0.3) is 0 Å². The molecule has 0 unspecified atom stereocenters. The maximum atomic E-state index is 12.6. The van der Waals surface area contributed by atoms with E-state index >= 15 is 0 Å². The highest BCUT2D eigenvalue weighted by Crippen LogP contribution is 2.22. The van der Waals surface area contributed by atoms with Gasteiger partial charge in [-0.15, -0.1) is 0 Å². The number of nitrogens with two attached hydrogens (primary N) is 1. The van der Waals surface area contributed by atoms with Crippen LogP contribution < -0.4 is 21.5 Å². The molecule has 0 aliphatic carbocycles. The largest absolute Gasteiger partial charge is 0.370 e. The summed E-state index contributed by atoms with van der Waals surface area (Å²) in [6, 6.07) is 1.89. The van der Waals surface area contributed by atoms with Crippen LogP contribution in [0.1, 0.15) is 52.6 Å². The van der Waals surface area contributed by atoms with Crippen molar-refractivity contribution in [1.82, 2.24) is 20.3 Å². The van der Waals surface area contributed by atoms with Gasteiger partial charge in [-0.3, -0.25) is 14.4 Å². The van der Waals surface area contributed by atoms with Gasteiger partial charge in [-0.1, -0.05) is 0 Å². The van der Waals surface area contributed by atoms with Crippen molar-refractivity contribution in [3.8, 4) is 0 Å². The molecule has 156 valence electrons. The van der Waals surface area contributed by atoms with Crippen molar-refractivity contribution < 1.29 is 9.59 Å². The first-order chi connectivity index (χ1) is 13.7. The third kappa shape index (κ3) is 5.87. The highest BCUT2D eigenvalue weighted by Gasteiger charge is 2.21. The van der Waals surface area contributed by atoms with Crippen molar-refractivity contribution in [2.24, 2.45) is 5.73 Å². The molecule has 0 spiro atoms. The fourth-order valence-electron chi connectivity index (χ4n) is 3.27. The molecule has 2 amide bonds. The quantitative estimate of drug-likeness (QED) is 0.704. The molecule has 9 heteroatoms. The number of anilines is 1. The van der Waals surface area contributed by atoms with E-state index < -0.39 is 0 Å². The Labute approximate surface area is 169 Å². The van der Waals surface area contributed by atoms with Crippen molar-refractivity contribution >= 4 is 17.6 Å². The summed E-state index contributed by atoms with van der Waals surface area (Å²) in [7, 11) is 0. The first-order valence-electron chi connectivity index (χ1n) is 9.51. The molecule has 4 N–H and O–H groups in total. The molecule has 1 aliphatic heterocycles. The van der Waals surface area contributed by atoms with Crippen LogP contribution in [-0.2, 0) is 11.3 Å². The Kier molecular flexibility index (Phi) is 7.46. The van der Waals surface area contributed by atoms with Gasteiger partial charge in [0.2, 0.25) is 5.91 Å². The summed E-state index contributed by atoms with van der Waals surface area (Å²) in [5.74, 6) is 0.196. The third-order valence-corrected chi connectivity index (χ3v) is 4.60. The van der Waals surface area contributed by atoms with Gasteiger partial charge in [0.1, 0.15) is 17.8 Å². The van der Waals surface area contributed by atoms with E-state index in [-0.39, 0.29) is 23.9 Å². The lowest BCUT2D eigenvalue weighted by atomic mass is 10.1. The molecule has 0 bridgehead atoms. The SMILES string of the molecule is CC(N)=O.Cc1cc(C)c(CNC(=O)c2ncnc(N3CCCC3)c2C)c(=O)[nH]1. The Morgan fingerprint density at radius 1 is 1.21 bits per heavy atom. The first-order valence-corrected chi connectivity index (χ1v) is 9.51. The molecular weight excluding hydrogens is 372 g/mol. The van der Waals surface area contributed by atoms with Crippen molar-refractivity contribution in [2.75, 3.05) is 18.0 Å². The minimum absolute atomic E-state index is 0.169. The summed E-state index contributed by atoms with van der Waals surface area (Å²) in [5.41, 5.74) is 7.66. The zero-order valence-electron chi connectivity index (χ0n) is 17.3. The molecule has 0 saturated carbocycles. The lowest BCUT2D eigenvalue weighted by Crippen LogP contribution is -2.30. The summed E-state index contributed by atoms with van der Waals surface area (Å²) < 4.78 is 0. The number of pyridine rings is 1. The Bertz CT molecular complexity index is 944. The molecule has 1 saturated heterocycles. The van der Waals surface area contributed by atoms with Crippen molar-refractivity contribution in [2.45, 2.75) is 47.1 Å². The van der Waals surface area contributed by atoms with E-state index in [1.54, 1.807) is 0 Å². The van der Waals surface area contributed by atoms with Crippen LogP contribution in [0.15, 0.2) is 17.2 Å². The summed E-state index contributed by atoms with van der Waals surface area (Å²) in [5, 5.41) is 2.81. The number of rotatable bonds is 4. The second-order valence-electron chi connectivity index (χ2n) is 7.10. The van der Waals surface area contributed by atoms with Crippen LogP contribution in [0.3, 0.4) is 0 Å². The highest BCUT2D eigenvalue weighted by atomic mass is 16.2. The van der Waals surface area contributed by atoms with Gasteiger partial charge in [-0.25, -0.2) is 9.97 Å². The summed E-state index contributed by atoms with van der Waals surface area (Å²) in [6.45, 7) is 8.95. The monoisotopic (exact) mass is 400 g/mol. The second-order valence-corrected chi connectivity index (χ2v) is 7.10. The van der Waals surface area contributed by atoms with Crippen molar-refractivity contribution in [1.29, 1.82) is 0 Å². The van der Waals surface area contributed by atoms with Gasteiger partial charge >= 0.3 is 0 Å². The Morgan fingerprint density at radius 2 is 1.83 bits per heavy atom. The molecule has 3 heterocycles. The standard InChI is InChI=1S/C18H23N5O2.C2H5NO/c1-11-8-12(2)22-17(24)14(11)9-19-18(25)15-13(3)16(21-10-20-15)23-6-4-5-7-23;1-2(3)4/h8,10H,4-7,9H2,1-3H3,(H,19,25)(H,22,24);1H3,(H2,3,4). The van der Waals surface area contributed by atoms with Gasteiger partial charge in [0.15, 0.2) is 0 Å². The number of hydrogen-bond donors (Lipinski definition) is 3. The molecule has 1 fully saturated rings. The number of nitrogens with one attached hydrogen (secondary N) is 2. The summed E-state index contributed by atoms with van der Waals surface area (Å²) in [6.07, 6.45) is 3.71. The number of aromatic nitrogens is 3. The number of aryl methyl sites for hydroxylation is 2. The normalized spacial score (nSPS) is 12.9. The minimum Gasteiger partial charge on any atom is -0.370 e. The van der Waals surface area contributed by atoms with E-state index in [0.717, 1.165) is 48.6 Å². The van der Waals surface area contributed by atoms with Gasteiger partial charge in [0.05, 0.1) is 0 Å². The number of hydrogen-bond acceptors (Lipinski definition) is 6. The highest BCUT2D eigenvalue weighted by molar-refractivity contribution is 5.94. The fraction of sp³-hybridized carbons (Fsp3) is 0.450. The molecule has 0 aromatic carbocycles. The number of H-pyrrole nitrogens is 1. The zero-order valence-corrected chi connectivity index (χ0v) is 17.3. The molecule has 3 rings (SSSR count). The van der Waals surface area contributed by atoms with E-state index in [9.17, 15) is 14.4 Å². The average molecular weight is 400 g/mol. The molecule has 0 radical (unpaired) electrons. The van der Waals surface area contributed by atoms with Crippen LogP contribution in [0.4, 0.5) is 5.82 Å². The zero-order chi connectivity index (χ0) is 21.6. The lowest BCUT2D eigenvalue weighted by molar-refractivity contribution is -0.115. The topological polar surface area (TPSA) is 134 Å². The maximum Gasteiger partial charge on any atom is 0.270 e. The summed E-state index contributed by atoms with van der Waals surface area (Å²) in [4.78, 5) is 47.3. The molecular formula is C20H28N6O3. The molecule has 29 heavy (non-hydrogen) atoms. The van der Waals surface area contributed by atoms with E-state index in [4.69, 9.17) is 0 Å². The predicted molar refractivity (Wildman–Crippen MR) is 111 cm³/mol. The fourth-order valence-corrected chi connectivity index (χ4v) is 3.27. The summed E-state index contributed by atoms with van der Waals surface area (Å²) >= 11 is 0. The Balaban J connectivity index is 0.000000687. The number of carbonyl (C=O) groups excluding carboxylic acids is 2. The molecule has 9 nitrogen and oxygen atoms in total. The van der Waals surface area contributed by atoms with E-state index in [1.165, 1.54) is 13.3 Å². The van der Waals surface area contributed by atoms with Crippen molar-refractivity contribution in [3.63, 3.8) is 0 Å². The molecule has 0 atom stereocenters. The van der Waals surface area contributed by atoms with Crippen LogP contribution >= 0.6 is 0 Å². The molecule has 2 aromatic heterocycles. The first kappa shape index (κ1) is 22.1. The smallest absolute Gasteiger partial charge is 0.270 e. The number of amides is 2. The van der Waals surface area contributed by atoms with Gasteiger partial charge < -0.3 is 20.9 Å². The van der Waals surface area contributed by atoms with Gasteiger partial charge in [0, 0.05) is 43.4 Å². The Morgan fingerprint density at radius 3 is 2.41 bits per heavy atom.